The summed E-state index contributed by atoms with van der Waals surface area (Å²) in [7, 11) is 0. The van der Waals surface area contributed by atoms with E-state index >= 15 is 0 Å². The van der Waals surface area contributed by atoms with Gasteiger partial charge in [0.1, 0.15) is 0 Å². The fourth-order valence-corrected chi connectivity index (χ4v) is 3.54. The highest BCUT2D eigenvalue weighted by molar-refractivity contribution is 8.01. The molecule has 0 bridgehead atoms. The van der Waals surface area contributed by atoms with Crippen LogP contribution < -0.4 is 5.32 Å². The maximum atomic E-state index is 12.9. The Morgan fingerprint density at radius 2 is 1.77 bits per heavy atom. The van der Waals surface area contributed by atoms with Crippen molar-refractivity contribution in [1.82, 2.24) is 9.36 Å². The molecule has 0 radical (unpaired) electrons. The first-order valence-electron chi connectivity index (χ1n) is 7.41. The molecule has 1 heterocycles. The lowest BCUT2D eigenvalue weighted by Gasteiger charge is -2.13. The molecule has 0 spiro atoms. The van der Waals surface area contributed by atoms with Gasteiger partial charge in [-0.1, -0.05) is 54.2 Å². The van der Waals surface area contributed by atoms with Crippen molar-refractivity contribution >= 4 is 34.9 Å². The van der Waals surface area contributed by atoms with E-state index in [4.69, 9.17) is 0 Å². The highest BCUT2D eigenvalue weighted by atomic mass is 32.2. The molecule has 0 atom stereocenters. The summed E-state index contributed by atoms with van der Waals surface area (Å²) in [5.74, 6) is -0.0422. The topological polar surface area (TPSA) is 54.9 Å². The van der Waals surface area contributed by atoms with Gasteiger partial charge in [-0.25, -0.2) is 4.98 Å². The Morgan fingerprint density at radius 3 is 2.50 bits per heavy atom. The number of carbonyl (C=O) groups is 1. The first-order chi connectivity index (χ1) is 12.4. The Balaban J connectivity index is 1.61. The van der Waals surface area contributed by atoms with Crippen molar-refractivity contribution in [1.29, 1.82) is 0 Å². The number of hydrogen-bond acceptors (Lipinski definition) is 5. The van der Waals surface area contributed by atoms with Gasteiger partial charge >= 0.3 is 6.18 Å². The molecule has 0 aliphatic carbocycles. The van der Waals surface area contributed by atoms with Crippen LogP contribution in [-0.4, -0.2) is 21.0 Å². The van der Waals surface area contributed by atoms with E-state index in [2.05, 4.69) is 14.7 Å². The third-order valence-electron chi connectivity index (χ3n) is 3.27. The van der Waals surface area contributed by atoms with Crippen LogP contribution in [0.4, 0.5) is 18.9 Å². The number of benzene rings is 2. The summed E-state index contributed by atoms with van der Waals surface area (Å²) >= 11 is 2.27. The van der Waals surface area contributed by atoms with E-state index in [0.717, 1.165) is 34.9 Å². The molecule has 2 aromatic carbocycles. The number of thioether (sulfide) groups is 1. The molecule has 0 saturated carbocycles. The molecule has 26 heavy (non-hydrogen) atoms. The SMILES string of the molecule is O=C(CSc1nc(-c2ccccc2)ns1)Nc1ccccc1C(F)(F)F. The molecule has 0 saturated heterocycles. The van der Waals surface area contributed by atoms with E-state index in [1.165, 1.54) is 18.2 Å². The van der Waals surface area contributed by atoms with Crippen LogP contribution in [0.2, 0.25) is 0 Å². The second-order valence-corrected chi connectivity index (χ2v) is 7.10. The van der Waals surface area contributed by atoms with E-state index in [-0.39, 0.29) is 11.4 Å². The van der Waals surface area contributed by atoms with E-state index in [0.29, 0.717) is 10.2 Å². The Labute approximate surface area is 155 Å². The number of nitrogens with one attached hydrogen (secondary N) is 1. The highest BCUT2D eigenvalue weighted by Gasteiger charge is 2.33. The van der Waals surface area contributed by atoms with Crippen LogP contribution in [0.15, 0.2) is 58.9 Å². The minimum Gasteiger partial charge on any atom is -0.325 e. The standard InChI is InChI=1S/C17H12F3N3OS2/c18-17(19,20)12-8-4-5-9-13(12)21-14(24)10-25-16-22-15(23-26-16)11-6-2-1-3-7-11/h1-9H,10H2,(H,21,24). The van der Waals surface area contributed by atoms with Crippen molar-refractivity contribution in [3.63, 3.8) is 0 Å². The number of carbonyl (C=O) groups excluding carboxylic acids is 1. The van der Waals surface area contributed by atoms with Crippen LogP contribution in [0, 0.1) is 0 Å². The smallest absolute Gasteiger partial charge is 0.325 e. The van der Waals surface area contributed by atoms with Crippen molar-refractivity contribution in [3.05, 3.63) is 60.2 Å². The predicted octanol–water partition coefficient (Wildman–Crippen LogP) is 4.95. The Hall–Kier alpha value is -2.39. The normalized spacial score (nSPS) is 11.3. The molecule has 1 aromatic heterocycles. The minimum absolute atomic E-state index is 0.0599. The zero-order valence-corrected chi connectivity index (χ0v) is 14.8. The average Bonchev–Trinajstić information content (AvgIpc) is 3.09. The van der Waals surface area contributed by atoms with Crippen molar-refractivity contribution in [2.24, 2.45) is 0 Å². The predicted molar refractivity (Wildman–Crippen MR) is 96.1 cm³/mol. The number of amides is 1. The van der Waals surface area contributed by atoms with Gasteiger partial charge in [0.2, 0.25) is 5.91 Å². The lowest BCUT2D eigenvalue weighted by atomic mass is 10.1. The summed E-state index contributed by atoms with van der Waals surface area (Å²) in [5.41, 5.74) is -0.271. The van der Waals surface area contributed by atoms with Crippen LogP contribution in [0.25, 0.3) is 11.4 Å². The summed E-state index contributed by atoms with van der Waals surface area (Å²) in [6.07, 6.45) is -4.53. The Morgan fingerprint density at radius 1 is 1.08 bits per heavy atom. The summed E-state index contributed by atoms with van der Waals surface area (Å²) in [6, 6.07) is 14.2. The van der Waals surface area contributed by atoms with Crippen molar-refractivity contribution in [2.45, 2.75) is 10.5 Å². The van der Waals surface area contributed by atoms with Crippen molar-refractivity contribution in [3.8, 4) is 11.4 Å². The second-order valence-electron chi connectivity index (χ2n) is 5.13. The number of rotatable bonds is 5. The summed E-state index contributed by atoms with van der Waals surface area (Å²) in [4.78, 5) is 16.3. The number of nitrogens with zero attached hydrogens (tertiary/aromatic N) is 2. The third kappa shape index (κ3) is 4.61. The zero-order chi connectivity index (χ0) is 18.6. The molecule has 0 unspecified atom stereocenters. The van der Waals surface area contributed by atoms with Gasteiger partial charge in [-0.2, -0.15) is 17.5 Å². The van der Waals surface area contributed by atoms with Gasteiger partial charge in [-0.15, -0.1) is 0 Å². The summed E-state index contributed by atoms with van der Waals surface area (Å²) < 4.78 is 43.6. The molecule has 0 aliphatic rings. The molecule has 1 N–H and O–H groups in total. The quantitative estimate of drug-likeness (QED) is 0.621. The highest BCUT2D eigenvalue weighted by Crippen LogP contribution is 2.34. The molecule has 3 aromatic rings. The van der Waals surface area contributed by atoms with Gasteiger partial charge in [0.25, 0.3) is 0 Å². The molecule has 9 heteroatoms. The third-order valence-corrected chi connectivity index (χ3v) is 5.11. The van der Waals surface area contributed by atoms with Gasteiger partial charge in [-0.05, 0) is 23.7 Å². The van der Waals surface area contributed by atoms with Crippen molar-refractivity contribution in [2.75, 3.05) is 11.1 Å². The minimum atomic E-state index is -4.53. The lowest BCUT2D eigenvalue weighted by molar-refractivity contribution is -0.137. The van der Waals surface area contributed by atoms with Crippen LogP contribution >= 0.6 is 23.3 Å². The number of hydrogen-bond donors (Lipinski definition) is 1. The van der Waals surface area contributed by atoms with E-state index < -0.39 is 17.6 Å². The molecule has 0 aliphatic heterocycles. The van der Waals surface area contributed by atoms with Crippen LogP contribution in [0.3, 0.4) is 0 Å². The number of alkyl halides is 3. The molecular weight excluding hydrogens is 383 g/mol. The molecule has 4 nitrogen and oxygen atoms in total. The summed E-state index contributed by atoms with van der Waals surface area (Å²) in [5, 5.41) is 2.30. The van der Waals surface area contributed by atoms with Gasteiger partial charge in [0.05, 0.1) is 17.0 Å². The molecule has 1 amide bonds. The van der Waals surface area contributed by atoms with Gasteiger partial charge in [-0.3, -0.25) is 4.79 Å². The van der Waals surface area contributed by atoms with Crippen LogP contribution in [0.1, 0.15) is 5.56 Å². The molecule has 3 rings (SSSR count). The van der Waals surface area contributed by atoms with Crippen LogP contribution in [-0.2, 0) is 11.0 Å². The maximum absolute atomic E-state index is 12.9. The van der Waals surface area contributed by atoms with E-state index in [9.17, 15) is 18.0 Å². The molecule has 0 fully saturated rings. The first kappa shape index (κ1) is 18.4. The van der Waals surface area contributed by atoms with Crippen molar-refractivity contribution < 1.29 is 18.0 Å². The fourth-order valence-electron chi connectivity index (χ4n) is 2.13. The Bertz CT molecular complexity index is 898. The molecule has 134 valence electrons. The molecular formula is C17H12F3N3OS2. The van der Waals surface area contributed by atoms with Crippen LogP contribution in [0.5, 0.6) is 0 Å². The first-order valence-corrected chi connectivity index (χ1v) is 9.17. The maximum Gasteiger partial charge on any atom is 0.418 e. The summed E-state index contributed by atoms with van der Waals surface area (Å²) in [6.45, 7) is 0. The Kier molecular flexibility index (Phi) is 5.58. The van der Waals surface area contributed by atoms with E-state index in [1.807, 2.05) is 30.3 Å². The number of para-hydroxylation sites is 1. The number of halogens is 3. The van der Waals surface area contributed by atoms with E-state index in [1.54, 1.807) is 0 Å². The number of anilines is 1. The second kappa shape index (κ2) is 7.88. The average molecular weight is 395 g/mol. The largest absolute Gasteiger partial charge is 0.418 e. The monoisotopic (exact) mass is 395 g/mol. The zero-order valence-electron chi connectivity index (χ0n) is 13.2. The van der Waals surface area contributed by atoms with Gasteiger partial charge in [0, 0.05) is 5.56 Å². The fraction of sp³-hybridized carbons (Fsp3) is 0.118. The number of aromatic nitrogens is 2. The van der Waals surface area contributed by atoms with Gasteiger partial charge < -0.3 is 5.32 Å². The lowest BCUT2D eigenvalue weighted by Crippen LogP contribution is -2.18. The van der Waals surface area contributed by atoms with Gasteiger partial charge in [0.15, 0.2) is 10.2 Å².